The van der Waals surface area contributed by atoms with Crippen LogP contribution in [0, 0.1) is 17.6 Å². The first-order chi connectivity index (χ1) is 9.11. The summed E-state index contributed by atoms with van der Waals surface area (Å²) in [5.74, 6) is -1.16. The Kier molecular flexibility index (Phi) is 4.85. The van der Waals surface area contributed by atoms with Crippen LogP contribution in [0.2, 0.25) is 0 Å². The van der Waals surface area contributed by atoms with Crippen molar-refractivity contribution in [2.75, 3.05) is 33.4 Å². The van der Waals surface area contributed by atoms with Crippen LogP contribution in [0.3, 0.4) is 0 Å². The van der Waals surface area contributed by atoms with E-state index in [1.54, 1.807) is 13.2 Å². The molecule has 0 saturated carbocycles. The summed E-state index contributed by atoms with van der Waals surface area (Å²) >= 11 is 0. The van der Waals surface area contributed by atoms with Gasteiger partial charge in [0.2, 0.25) is 0 Å². The van der Waals surface area contributed by atoms with Crippen molar-refractivity contribution < 1.29 is 13.5 Å². The normalized spacial score (nSPS) is 21.8. The summed E-state index contributed by atoms with van der Waals surface area (Å²) in [5.41, 5.74) is 6.23. The first kappa shape index (κ1) is 14.4. The third kappa shape index (κ3) is 3.49. The maximum atomic E-state index is 13.6. The lowest BCUT2D eigenvalue weighted by Crippen LogP contribution is -2.31. The molecule has 1 aromatic rings. The molecule has 0 aliphatic carbocycles. The number of hydrogen-bond donors (Lipinski definition) is 1. The fraction of sp³-hybridized carbons (Fsp3) is 0.571. The summed E-state index contributed by atoms with van der Waals surface area (Å²) in [6, 6.07) is 3.64. The molecule has 5 heteroatoms. The van der Waals surface area contributed by atoms with Gasteiger partial charge in [0.25, 0.3) is 0 Å². The number of ether oxygens (including phenoxy) is 1. The van der Waals surface area contributed by atoms with Gasteiger partial charge in [-0.1, -0.05) is 12.1 Å². The van der Waals surface area contributed by atoms with Crippen molar-refractivity contribution in [2.45, 2.75) is 12.5 Å². The summed E-state index contributed by atoms with van der Waals surface area (Å²) in [4.78, 5) is 2.18. The van der Waals surface area contributed by atoms with Crippen LogP contribution < -0.4 is 5.73 Å². The monoisotopic (exact) mass is 270 g/mol. The number of benzene rings is 1. The summed E-state index contributed by atoms with van der Waals surface area (Å²) in [6.45, 7) is 3.11. The fourth-order valence-corrected chi connectivity index (χ4v) is 2.63. The Morgan fingerprint density at radius 2 is 2.26 bits per heavy atom. The van der Waals surface area contributed by atoms with Crippen LogP contribution in [0.15, 0.2) is 18.2 Å². The van der Waals surface area contributed by atoms with Gasteiger partial charge in [-0.3, -0.25) is 0 Å². The van der Waals surface area contributed by atoms with Gasteiger partial charge in [-0.15, -0.1) is 0 Å². The van der Waals surface area contributed by atoms with Crippen LogP contribution in [-0.2, 0) is 4.74 Å². The number of nitrogens with zero attached hydrogens (tertiary/aromatic N) is 1. The molecule has 1 aromatic carbocycles. The van der Waals surface area contributed by atoms with E-state index in [-0.39, 0.29) is 5.56 Å². The van der Waals surface area contributed by atoms with Gasteiger partial charge in [0.05, 0.1) is 6.61 Å². The minimum Gasteiger partial charge on any atom is -0.384 e. The van der Waals surface area contributed by atoms with Gasteiger partial charge in [0, 0.05) is 31.8 Å². The predicted octanol–water partition coefficient (Wildman–Crippen LogP) is 1.93. The van der Waals surface area contributed by atoms with Crippen LogP contribution in [0.5, 0.6) is 0 Å². The topological polar surface area (TPSA) is 38.5 Å². The highest BCUT2D eigenvalue weighted by Gasteiger charge is 2.25. The zero-order valence-corrected chi connectivity index (χ0v) is 11.1. The molecule has 0 bridgehead atoms. The molecule has 1 fully saturated rings. The molecular weight excluding hydrogens is 250 g/mol. The second-order valence-corrected chi connectivity index (χ2v) is 5.12. The molecule has 2 atom stereocenters. The molecule has 0 amide bonds. The predicted molar refractivity (Wildman–Crippen MR) is 69.7 cm³/mol. The molecule has 0 radical (unpaired) electrons. The largest absolute Gasteiger partial charge is 0.384 e. The van der Waals surface area contributed by atoms with Crippen molar-refractivity contribution in [3.8, 4) is 0 Å². The van der Waals surface area contributed by atoms with E-state index >= 15 is 0 Å². The third-order valence-corrected chi connectivity index (χ3v) is 3.61. The number of hydrogen-bond acceptors (Lipinski definition) is 3. The van der Waals surface area contributed by atoms with Gasteiger partial charge in [-0.2, -0.15) is 0 Å². The Bertz CT molecular complexity index is 428. The molecule has 0 aromatic heterocycles. The standard InChI is InChI=1S/C14H20F2N2O/c1-19-9-10-5-6-18(7-10)8-13(17)11-3-2-4-12(15)14(11)16/h2-4,10,13H,5-9,17H2,1H3. The van der Waals surface area contributed by atoms with Crippen LogP contribution in [-0.4, -0.2) is 38.3 Å². The van der Waals surface area contributed by atoms with E-state index in [1.165, 1.54) is 6.07 Å². The van der Waals surface area contributed by atoms with Crippen LogP contribution in [0.25, 0.3) is 0 Å². The number of nitrogens with two attached hydrogens (primary N) is 1. The summed E-state index contributed by atoms with van der Waals surface area (Å²) in [7, 11) is 1.69. The number of halogens is 2. The highest BCUT2D eigenvalue weighted by molar-refractivity contribution is 5.22. The first-order valence-corrected chi connectivity index (χ1v) is 6.52. The van der Waals surface area contributed by atoms with E-state index in [2.05, 4.69) is 4.90 Å². The third-order valence-electron chi connectivity index (χ3n) is 3.61. The number of methoxy groups -OCH3 is 1. The Morgan fingerprint density at radius 3 is 3.00 bits per heavy atom. The van der Waals surface area contributed by atoms with Gasteiger partial charge < -0.3 is 15.4 Å². The van der Waals surface area contributed by atoms with Crippen molar-refractivity contribution in [3.05, 3.63) is 35.4 Å². The van der Waals surface area contributed by atoms with Crippen molar-refractivity contribution >= 4 is 0 Å². The van der Waals surface area contributed by atoms with Crippen LogP contribution in [0.4, 0.5) is 8.78 Å². The van der Waals surface area contributed by atoms with E-state index in [0.717, 1.165) is 32.2 Å². The SMILES string of the molecule is COCC1CCN(CC(N)c2cccc(F)c2F)C1. The zero-order valence-electron chi connectivity index (χ0n) is 11.1. The minimum absolute atomic E-state index is 0.246. The highest BCUT2D eigenvalue weighted by atomic mass is 19.2. The van der Waals surface area contributed by atoms with Crippen LogP contribution >= 0.6 is 0 Å². The van der Waals surface area contributed by atoms with Crippen molar-refractivity contribution in [2.24, 2.45) is 11.7 Å². The molecule has 1 heterocycles. The van der Waals surface area contributed by atoms with Gasteiger partial charge in [-0.25, -0.2) is 8.78 Å². The number of likely N-dealkylation sites (tertiary alicyclic amines) is 1. The Hall–Kier alpha value is -1.04. The molecule has 1 aliphatic rings. The van der Waals surface area contributed by atoms with E-state index < -0.39 is 17.7 Å². The highest BCUT2D eigenvalue weighted by Crippen LogP contribution is 2.22. The van der Waals surface area contributed by atoms with Crippen molar-refractivity contribution in [3.63, 3.8) is 0 Å². The number of rotatable bonds is 5. The molecule has 2 unspecified atom stereocenters. The molecule has 1 aliphatic heterocycles. The summed E-state index contributed by atoms with van der Waals surface area (Å²) < 4.78 is 31.9. The van der Waals surface area contributed by atoms with E-state index in [1.807, 2.05) is 0 Å². The maximum Gasteiger partial charge on any atom is 0.163 e. The van der Waals surface area contributed by atoms with E-state index in [0.29, 0.717) is 12.5 Å². The molecule has 2 N–H and O–H groups in total. The van der Waals surface area contributed by atoms with Gasteiger partial charge in [0.1, 0.15) is 0 Å². The average Bonchev–Trinajstić information content (AvgIpc) is 2.80. The van der Waals surface area contributed by atoms with E-state index in [9.17, 15) is 8.78 Å². The van der Waals surface area contributed by atoms with Crippen molar-refractivity contribution in [1.29, 1.82) is 0 Å². The lowest BCUT2D eigenvalue weighted by atomic mass is 10.1. The fourth-order valence-electron chi connectivity index (χ4n) is 2.63. The molecule has 19 heavy (non-hydrogen) atoms. The summed E-state index contributed by atoms with van der Waals surface area (Å²) in [5, 5.41) is 0. The first-order valence-electron chi connectivity index (χ1n) is 6.52. The Morgan fingerprint density at radius 1 is 1.47 bits per heavy atom. The molecule has 0 spiro atoms. The van der Waals surface area contributed by atoms with Gasteiger partial charge in [-0.05, 0) is 24.9 Å². The molecule has 3 nitrogen and oxygen atoms in total. The summed E-state index contributed by atoms with van der Waals surface area (Å²) in [6.07, 6.45) is 1.06. The van der Waals surface area contributed by atoms with Crippen molar-refractivity contribution in [1.82, 2.24) is 4.90 Å². The van der Waals surface area contributed by atoms with Gasteiger partial charge in [0.15, 0.2) is 11.6 Å². The second kappa shape index (κ2) is 6.41. The van der Waals surface area contributed by atoms with E-state index in [4.69, 9.17) is 10.5 Å². The molecule has 2 rings (SSSR count). The maximum absolute atomic E-state index is 13.6. The second-order valence-electron chi connectivity index (χ2n) is 5.12. The lowest BCUT2D eigenvalue weighted by molar-refractivity contribution is 0.152. The Balaban J connectivity index is 1.94. The van der Waals surface area contributed by atoms with Gasteiger partial charge >= 0.3 is 0 Å². The quantitative estimate of drug-likeness (QED) is 0.888. The smallest absolute Gasteiger partial charge is 0.163 e. The van der Waals surface area contributed by atoms with Crippen LogP contribution in [0.1, 0.15) is 18.0 Å². The lowest BCUT2D eigenvalue weighted by Gasteiger charge is -2.21. The minimum atomic E-state index is -0.841. The average molecular weight is 270 g/mol. The molecule has 1 saturated heterocycles. The zero-order chi connectivity index (χ0) is 13.8. The Labute approximate surface area is 112 Å². The molecular formula is C14H20F2N2O. The molecule has 106 valence electrons.